The summed E-state index contributed by atoms with van der Waals surface area (Å²) in [7, 11) is 0. The highest BCUT2D eigenvalue weighted by Crippen LogP contribution is 2.30. The van der Waals surface area contributed by atoms with E-state index in [-0.39, 0.29) is 11.5 Å². The molecule has 3 nitrogen and oxygen atoms in total. The summed E-state index contributed by atoms with van der Waals surface area (Å²) in [5.74, 6) is 0. The molecule has 0 spiro atoms. The Morgan fingerprint density at radius 1 is 1.56 bits per heavy atom. The fourth-order valence-electron chi connectivity index (χ4n) is 1.41. The highest BCUT2D eigenvalue weighted by atomic mass is 79.9. The van der Waals surface area contributed by atoms with Crippen LogP contribution in [-0.4, -0.2) is 25.7 Å². The molecule has 5 N–H and O–H groups in total. The molecule has 0 aromatic carbocycles. The SMILES string of the molecule is CC(C)(CNCC(N)CN)c1cc(Br)cs1. The molecule has 92 valence electrons. The molecule has 1 heterocycles. The molecule has 0 fully saturated rings. The van der Waals surface area contributed by atoms with Gasteiger partial charge in [-0.25, -0.2) is 0 Å². The normalized spacial score (nSPS) is 14.1. The molecule has 1 unspecified atom stereocenters. The van der Waals surface area contributed by atoms with E-state index in [0.717, 1.165) is 17.6 Å². The first-order valence-corrected chi connectivity index (χ1v) is 7.04. The molecule has 0 aliphatic carbocycles. The molecule has 0 aliphatic rings. The van der Waals surface area contributed by atoms with Gasteiger partial charge in [0.1, 0.15) is 0 Å². The van der Waals surface area contributed by atoms with E-state index in [9.17, 15) is 0 Å². The van der Waals surface area contributed by atoms with E-state index in [2.05, 4.69) is 46.5 Å². The van der Waals surface area contributed by atoms with Crippen molar-refractivity contribution in [1.29, 1.82) is 0 Å². The lowest BCUT2D eigenvalue weighted by atomic mass is 9.91. The quantitative estimate of drug-likeness (QED) is 0.749. The molecule has 1 atom stereocenters. The predicted molar refractivity (Wildman–Crippen MR) is 74.9 cm³/mol. The Balaban J connectivity index is 2.46. The molecular formula is C11H20BrN3S. The molecule has 5 heteroatoms. The summed E-state index contributed by atoms with van der Waals surface area (Å²) in [6.45, 7) is 6.66. The lowest BCUT2D eigenvalue weighted by Gasteiger charge is -2.24. The van der Waals surface area contributed by atoms with Crippen LogP contribution in [0, 0.1) is 0 Å². The van der Waals surface area contributed by atoms with Crippen molar-refractivity contribution in [3.8, 4) is 0 Å². The summed E-state index contributed by atoms with van der Waals surface area (Å²) in [5, 5.41) is 5.48. The van der Waals surface area contributed by atoms with E-state index >= 15 is 0 Å². The number of hydrogen-bond donors (Lipinski definition) is 3. The zero-order valence-corrected chi connectivity index (χ0v) is 12.2. The number of nitrogens with two attached hydrogens (primary N) is 2. The van der Waals surface area contributed by atoms with E-state index in [1.807, 2.05) is 0 Å². The second-order valence-corrected chi connectivity index (χ2v) is 6.47. The van der Waals surface area contributed by atoms with Crippen LogP contribution < -0.4 is 16.8 Å². The van der Waals surface area contributed by atoms with Crippen molar-refractivity contribution < 1.29 is 0 Å². The van der Waals surface area contributed by atoms with Crippen LogP contribution >= 0.6 is 27.3 Å². The van der Waals surface area contributed by atoms with Gasteiger partial charge in [0.2, 0.25) is 0 Å². The molecule has 0 saturated carbocycles. The van der Waals surface area contributed by atoms with Gasteiger partial charge in [-0.2, -0.15) is 0 Å². The van der Waals surface area contributed by atoms with E-state index in [1.54, 1.807) is 11.3 Å². The van der Waals surface area contributed by atoms with Gasteiger partial charge in [-0.3, -0.25) is 0 Å². The van der Waals surface area contributed by atoms with Crippen molar-refractivity contribution in [2.24, 2.45) is 11.5 Å². The Hall–Kier alpha value is 0.0600. The number of rotatable bonds is 6. The lowest BCUT2D eigenvalue weighted by molar-refractivity contribution is 0.460. The summed E-state index contributed by atoms with van der Waals surface area (Å²) >= 11 is 5.26. The minimum Gasteiger partial charge on any atom is -0.329 e. The van der Waals surface area contributed by atoms with Crippen molar-refractivity contribution in [3.05, 3.63) is 20.8 Å². The van der Waals surface area contributed by atoms with Gasteiger partial charge in [0.15, 0.2) is 0 Å². The fraction of sp³-hybridized carbons (Fsp3) is 0.636. The van der Waals surface area contributed by atoms with Crippen LogP contribution in [0.4, 0.5) is 0 Å². The van der Waals surface area contributed by atoms with Gasteiger partial charge in [0, 0.05) is 45.8 Å². The van der Waals surface area contributed by atoms with Gasteiger partial charge in [-0.15, -0.1) is 11.3 Å². The Bertz CT molecular complexity index is 325. The van der Waals surface area contributed by atoms with Crippen molar-refractivity contribution >= 4 is 27.3 Å². The third-order valence-corrected chi connectivity index (χ3v) is 4.57. The van der Waals surface area contributed by atoms with E-state index in [0.29, 0.717) is 6.54 Å². The first-order chi connectivity index (χ1) is 7.45. The van der Waals surface area contributed by atoms with Crippen LogP contribution in [0.1, 0.15) is 18.7 Å². The van der Waals surface area contributed by atoms with Gasteiger partial charge in [-0.1, -0.05) is 13.8 Å². The van der Waals surface area contributed by atoms with E-state index in [4.69, 9.17) is 11.5 Å². The Kier molecular flexibility index (Phi) is 5.40. The molecule has 1 aromatic rings. The van der Waals surface area contributed by atoms with Crippen LogP contribution in [0.5, 0.6) is 0 Å². The zero-order valence-electron chi connectivity index (χ0n) is 9.79. The van der Waals surface area contributed by atoms with Gasteiger partial charge in [0.25, 0.3) is 0 Å². The molecule has 0 amide bonds. The minimum atomic E-state index is 0.0471. The number of hydrogen-bond acceptors (Lipinski definition) is 4. The average Bonchev–Trinajstić information content (AvgIpc) is 2.65. The summed E-state index contributed by atoms with van der Waals surface area (Å²) in [6.07, 6.45) is 0. The molecular weight excluding hydrogens is 286 g/mol. The molecule has 0 saturated heterocycles. The van der Waals surface area contributed by atoms with Gasteiger partial charge in [-0.05, 0) is 22.0 Å². The van der Waals surface area contributed by atoms with Gasteiger partial charge >= 0.3 is 0 Å². The standard InChI is InChI=1S/C11H20BrN3S/c1-11(2,7-15-5-9(14)4-13)10-3-8(12)6-16-10/h3,6,9,15H,4-5,7,13-14H2,1-2H3. The molecule has 0 aliphatic heterocycles. The summed E-state index contributed by atoms with van der Waals surface area (Å²) in [4.78, 5) is 1.37. The zero-order chi connectivity index (χ0) is 12.2. The Labute approximate surface area is 110 Å². The fourth-order valence-corrected chi connectivity index (χ4v) is 2.96. The summed E-state index contributed by atoms with van der Waals surface area (Å²) in [5.41, 5.74) is 11.3. The first-order valence-electron chi connectivity index (χ1n) is 5.36. The van der Waals surface area contributed by atoms with Crippen molar-refractivity contribution in [1.82, 2.24) is 5.32 Å². The highest BCUT2D eigenvalue weighted by molar-refractivity contribution is 9.10. The smallest absolute Gasteiger partial charge is 0.0290 e. The predicted octanol–water partition coefficient (Wildman–Crippen LogP) is 1.66. The minimum absolute atomic E-state index is 0.0471. The Morgan fingerprint density at radius 2 is 2.25 bits per heavy atom. The number of halogens is 1. The summed E-state index contributed by atoms with van der Waals surface area (Å²) in [6, 6.07) is 2.22. The maximum Gasteiger partial charge on any atom is 0.0290 e. The topological polar surface area (TPSA) is 64.1 Å². The molecule has 1 aromatic heterocycles. The Morgan fingerprint density at radius 3 is 2.75 bits per heavy atom. The number of nitrogens with one attached hydrogen (secondary N) is 1. The van der Waals surface area contributed by atoms with Crippen LogP contribution in [0.2, 0.25) is 0 Å². The highest BCUT2D eigenvalue weighted by Gasteiger charge is 2.22. The molecule has 1 rings (SSSR count). The van der Waals surface area contributed by atoms with Crippen molar-refractivity contribution in [2.45, 2.75) is 25.3 Å². The van der Waals surface area contributed by atoms with Crippen LogP contribution in [-0.2, 0) is 5.41 Å². The molecule has 0 radical (unpaired) electrons. The maximum absolute atomic E-state index is 5.75. The second-order valence-electron chi connectivity index (χ2n) is 4.64. The van der Waals surface area contributed by atoms with Crippen molar-refractivity contribution in [2.75, 3.05) is 19.6 Å². The van der Waals surface area contributed by atoms with Crippen molar-refractivity contribution in [3.63, 3.8) is 0 Å². The van der Waals surface area contributed by atoms with Crippen LogP contribution in [0.15, 0.2) is 15.9 Å². The van der Waals surface area contributed by atoms with Gasteiger partial charge in [0.05, 0.1) is 0 Å². The summed E-state index contributed by atoms with van der Waals surface area (Å²) < 4.78 is 1.15. The molecule has 0 bridgehead atoms. The van der Waals surface area contributed by atoms with Crippen LogP contribution in [0.25, 0.3) is 0 Å². The number of thiophene rings is 1. The monoisotopic (exact) mass is 305 g/mol. The molecule has 16 heavy (non-hydrogen) atoms. The third kappa shape index (κ3) is 4.14. The maximum atomic E-state index is 5.75. The lowest BCUT2D eigenvalue weighted by Crippen LogP contribution is -2.43. The largest absolute Gasteiger partial charge is 0.329 e. The second kappa shape index (κ2) is 6.12. The van der Waals surface area contributed by atoms with E-state index in [1.165, 1.54) is 4.88 Å². The first kappa shape index (κ1) is 14.1. The van der Waals surface area contributed by atoms with Crippen LogP contribution in [0.3, 0.4) is 0 Å². The van der Waals surface area contributed by atoms with Gasteiger partial charge < -0.3 is 16.8 Å². The average molecular weight is 306 g/mol. The third-order valence-electron chi connectivity index (χ3n) is 2.51. The van der Waals surface area contributed by atoms with E-state index < -0.39 is 0 Å².